The van der Waals surface area contributed by atoms with Crippen molar-refractivity contribution in [3.8, 4) is 0 Å². The molecule has 0 saturated carbocycles. The normalized spacial score (nSPS) is 17.4. The van der Waals surface area contributed by atoms with Gasteiger partial charge in [0, 0.05) is 24.8 Å². The zero-order valence-electron chi connectivity index (χ0n) is 14.1. The highest BCUT2D eigenvalue weighted by Crippen LogP contribution is 2.26. The Labute approximate surface area is 145 Å². The number of aromatic nitrogens is 1. The van der Waals surface area contributed by atoms with Gasteiger partial charge in [-0.1, -0.05) is 6.92 Å². The molecule has 1 fully saturated rings. The number of hydrogen-bond donors (Lipinski definition) is 1. The van der Waals surface area contributed by atoms with Crippen LogP contribution in [0.1, 0.15) is 43.0 Å². The highest BCUT2D eigenvalue weighted by molar-refractivity contribution is 6.04. The summed E-state index contributed by atoms with van der Waals surface area (Å²) in [6.45, 7) is 3.10. The van der Waals surface area contributed by atoms with Crippen LogP contribution in [0.5, 0.6) is 0 Å². The molecule has 6 heteroatoms. The van der Waals surface area contributed by atoms with E-state index in [9.17, 15) is 13.6 Å². The third-order valence-corrected chi connectivity index (χ3v) is 4.60. The van der Waals surface area contributed by atoms with E-state index in [0.717, 1.165) is 43.6 Å². The van der Waals surface area contributed by atoms with Crippen molar-refractivity contribution in [2.75, 3.05) is 16.8 Å². The zero-order valence-corrected chi connectivity index (χ0v) is 14.1. The lowest BCUT2D eigenvalue weighted by molar-refractivity contribution is 0.102. The van der Waals surface area contributed by atoms with E-state index in [1.54, 1.807) is 12.3 Å². The second kappa shape index (κ2) is 7.59. The lowest BCUT2D eigenvalue weighted by Crippen LogP contribution is -2.39. The van der Waals surface area contributed by atoms with Crippen molar-refractivity contribution in [2.24, 2.45) is 0 Å². The van der Waals surface area contributed by atoms with Gasteiger partial charge in [-0.3, -0.25) is 9.78 Å². The van der Waals surface area contributed by atoms with Crippen LogP contribution in [0.3, 0.4) is 0 Å². The molecule has 0 spiro atoms. The molecule has 1 unspecified atom stereocenters. The summed E-state index contributed by atoms with van der Waals surface area (Å²) in [6.07, 6.45) is 7.71. The van der Waals surface area contributed by atoms with Crippen molar-refractivity contribution in [1.82, 2.24) is 4.98 Å². The Hall–Kier alpha value is -2.50. The van der Waals surface area contributed by atoms with E-state index in [2.05, 4.69) is 22.1 Å². The van der Waals surface area contributed by atoms with Gasteiger partial charge >= 0.3 is 0 Å². The first kappa shape index (κ1) is 17.3. The molecule has 0 bridgehead atoms. The number of carbonyl (C=O) groups excluding carboxylic acids is 1. The van der Waals surface area contributed by atoms with Crippen LogP contribution in [0.4, 0.5) is 20.2 Å². The number of rotatable bonds is 4. The third-order valence-electron chi connectivity index (χ3n) is 4.60. The fraction of sp³-hybridized carbons (Fsp3) is 0.368. The summed E-state index contributed by atoms with van der Waals surface area (Å²) in [5, 5.41) is 2.47. The Morgan fingerprint density at radius 2 is 2.12 bits per heavy atom. The maximum absolute atomic E-state index is 13.7. The van der Waals surface area contributed by atoms with Gasteiger partial charge in [0.2, 0.25) is 0 Å². The molecule has 1 aromatic heterocycles. The third kappa shape index (κ3) is 3.95. The number of amides is 1. The van der Waals surface area contributed by atoms with Crippen molar-refractivity contribution >= 4 is 17.3 Å². The van der Waals surface area contributed by atoms with Crippen molar-refractivity contribution in [3.63, 3.8) is 0 Å². The molecule has 3 rings (SSSR count). The van der Waals surface area contributed by atoms with E-state index in [0.29, 0.717) is 11.6 Å². The maximum atomic E-state index is 13.7. The van der Waals surface area contributed by atoms with Crippen LogP contribution >= 0.6 is 0 Å². The SMILES string of the molecule is CCC1CCCCN1c1cncc(C(=O)Nc2ccc(F)cc2F)c1. The number of pyridine rings is 1. The standard InChI is InChI=1S/C19H21F2N3O/c1-2-15-5-3-4-8-24(15)16-9-13(11-22-12-16)19(25)23-18-7-6-14(20)10-17(18)21/h6-7,9-12,15H,2-5,8H2,1H3,(H,23,25). The molecule has 25 heavy (non-hydrogen) atoms. The van der Waals surface area contributed by atoms with E-state index >= 15 is 0 Å². The molecule has 2 aromatic rings. The summed E-state index contributed by atoms with van der Waals surface area (Å²) in [4.78, 5) is 18.9. The maximum Gasteiger partial charge on any atom is 0.257 e. The van der Waals surface area contributed by atoms with E-state index < -0.39 is 17.5 Å². The average molecular weight is 345 g/mol. The molecule has 1 aliphatic heterocycles. The molecule has 1 saturated heterocycles. The number of carbonyl (C=O) groups is 1. The molecule has 1 atom stereocenters. The molecule has 0 radical (unpaired) electrons. The summed E-state index contributed by atoms with van der Waals surface area (Å²) >= 11 is 0. The van der Waals surface area contributed by atoms with Crippen molar-refractivity contribution < 1.29 is 13.6 Å². The first-order valence-electron chi connectivity index (χ1n) is 8.56. The van der Waals surface area contributed by atoms with Crippen LogP contribution in [-0.4, -0.2) is 23.5 Å². The monoisotopic (exact) mass is 345 g/mol. The van der Waals surface area contributed by atoms with Gasteiger partial charge in [-0.05, 0) is 43.9 Å². The molecular formula is C19H21F2N3O. The number of anilines is 2. The molecule has 4 nitrogen and oxygen atoms in total. The Bertz CT molecular complexity index is 766. The van der Waals surface area contributed by atoms with Gasteiger partial charge in [0.25, 0.3) is 5.91 Å². The number of hydrogen-bond acceptors (Lipinski definition) is 3. The van der Waals surface area contributed by atoms with Crippen LogP contribution in [0.2, 0.25) is 0 Å². The van der Waals surface area contributed by atoms with Gasteiger partial charge in [0.15, 0.2) is 0 Å². The molecule has 1 amide bonds. The molecule has 1 aliphatic rings. The van der Waals surface area contributed by atoms with Gasteiger partial charge in [-0.25, -0.2) is 8.78 Å². The van der Waals surface area contributed by atoms with Gasteiger partial charge < -0.3 is 10.2 Å². The fourth-order valence-electron chi connectivity index (χ4n) is 3.26. The number of halogens is 2. The Balaban J connectivity index is 1.79. The van der Waals surface area contributed by atoms with E-state index in [1.165, 1.54) is 18.7 Å². The summed E-state index contributed by atoms with van der Waals surface area (Å²) < 4.78 is 26.7. The minimum Gasteiger partial charge on any atom is -0.367 e. The minimum absolute atomic E-state index is 0.0544. The van der Waals surface area contributed by atoms with Crippen LogP contribution in [0.25, 0.3) is 0 Å². The van der Waals surface area contributed by atoms with Gasteiger partial charge in [0.05, 0.1) is 23.1 Å². The second-order valence-corrected chi connectivity index (χ2v) is 6.26. The number of piperidine rings is 1. The van der Waals surface area contributed by atoms with Crippen LogP contribution in [0, 0.1) is 11.6 Å². The van der Waals surface area contributed by atoms with E-state index in [4.69, 9.17) is 0 Å². The quantitative estimate of drug-likeness (QED) is 0.894. The van der Waals surface area contributed by atoms with Crippen LogP contribution in [0.15, 0.2) is 36.7 Å². The van der Waals surface area contributed by atoms with Crippen molar-refractivity contribution in [3.05, 3.63) is 53.9 Å². The van der Waals surface area contributed by atoms with E-state index in [1.807, 2.05) is 0 Å². The summed E-state index contributed by atoms with van der Waals surface area (Å²) in [5.41, 5.74) is 1.20. The predicted octanol–water partition coefficient (Wildman–Crippen LogP) is 4.38. The lowest BCUT2D eigenvalue weighted by Gasteiger charge is -2.37. The average Bonchev–Trinajstić information content (AvgIpc) is 2.64. The highest BCUT2D eigenvalue weighted by atomic mass is 19.1. The highest BCUT2D eigenvalue weighted by Gasteiger charge is 2.22. The van der Waals surface area contributed by atoms with Crippen LogP contribution in [-0.2, 0) is 0 Å². The molecule has 1 aromatic carbocycles. The van der Waals surface area contributed by atoms with Crippen molar-refractivity contribution in [1.29, 1.82) is 0 Å². The van der Waals surface area contributed by atoms with Crippen molar-refractivity contribution in [2.45, 2.75) is 38.6 Å². The molecule has 0 aliphatic carbocycles. The van der Waals surface area contributed by atoms with Gasteiger partial charge in [-0.15, -0.1) is 0 Å². The summed E-state index contributed by atoms with van der Waals surface area (Å²) in [7, 11) is 0. The summed E-state index contributed by atoms with van der Waals surface area (Å²) in [5.74, 6) is -1.96. The van der Waals surface area contributed by atoms with Gasteiger partial charge in [-0.2, -0.15) is 0 Å². The van der Waals surface area contributed by atoms with E-state index in [-0.39, 0.29) is 5.69 Å². The zero-order chi connectivity index (χ0) is 17.8. The lowest BCUT2D eigenvalue weighted by atomic mass is 9.99. The first-order chi connectivity index (χ1) is 12.1. The Kier molecular flexibility index (Phi) is 5.26. The molecule has 132 valence electrons. The number of benzene rings is 1. The Morgan fingerprint density at radius 1 is 1.28 bits per heavy atom. The number of nitrogens with one attached hydrogen (secondary N) is 1. The number of nitrogens with zero attached hydrogens (tertiary/aromatic N) is 2. The van der Waals surface area contributed by atoms with Crippen LogP contribution < -0.4 is 10.2 Å². The second-order valence-electron chi connectivity index (χ2n) is 6.26. The summed E-state index contributed by atoms with van der Waals surface area (Å²) in [6, 6.07) is 5.27. The molecule has 2 heterocycles. The Morgan fingerprint density at radius 3 is 2.88 bits per heavy atom. The fourth-order valence-corrected chi connectivity index (χ4v) is 3.26. The smallest absolute Gasteiger partial charge is 0.257 e. The first-order valence-corrected chi connectivity index (χ1v) is 8.56. The topological polar surface area (TPSA) is 45.2 Å². The largest absolute Gasteiger partial charge is 0.367 e. The predicted molar refractivity (Wildman–Crippen MR) is 93.8 cm³/mol. The van der Waals surface area contributed by atoms with Gasteiger partial charge in [0.1, 0.15) is 11.6 Å². The minimum atomic E-state index is -0.806. The molecule has 1 N–H and O–H groups in total. The molecular weight excluding hydrogens is 324 g/mol.